The summed E-state index contributed by atoms with van der Waals surface area (Å²) in [5, 5.41) is 0. The van der Waals surface area contributed by atoms with Gasteiger partial charge in [-0.1, -0.05) is 24.3 Å². The Morgan fingerprint density at radius 2 is 1.88 bits per heavy atom. The van der Waals surface area contributed by atoms with Gasteiger partial charge < -0.3 is 9.30 Å². The van der Waals surface area contributed by atoms with Crippen LogP contribution in [0.4, 0.5) is 0 Å². The molecular formula is C21H26N2O3. The molecule has 0 bridgehead atoms. The van der Waals surface area contributed by atoms with Crippen molar-refractivity contribution in [2.45, 2.75) is 39.8 Å². The van der Waals surface area contributed by atoms with E-state index in [0.717, 1.165) is 36.5 Å². The minimum atomic E-state index is -0.239. The predicted molar refractivity (Wildman–Crippen MR) is 100 cm³/mol. The molecule has 0 fully saturated rings. The van der Waals surface area contributed by atoms with Crippen molar-refractivity contribution in [1.29, 1.82) is 0 Å². The monoisotopic (exact) mass is 354 g/mol. The van der Waals surface area contributed by atoms with Gasteiger partial charge in [-0.15, -0.1) is 0 Å². The Labute approximate surface area is 154 Å². The molecule has 0 spiro atoms. The molecule has 0 amide bonds. The van der Waals surface area contributed by atoms with Crippen molar-refractivity contribution >= 4 is 11.8 Å². The Kier molecular flexibility index (Phi) is 5.57. The van der Waals surface area contributed by atoms with Crippen LogP contribution in [-0.2, 0) is 29.0 Å². The number of ketones is 1. The Balaban J connectivity index is 1.68. The first-order valence-corrected chi connectivity index (χ1v) is 9.05. The van der Waals surface area contributed by atoms with E-state index < -0.39 is 0 Å². The molecule has 26 heavy (non-hydrogen) atoms. The average Bonchev–Trinajstić information content (AvgIpc) is 2.93. The van der Waals surface area contributed by atoms with Crippen LogP contribution in [-0.4, -0.2) is 41.4 Å². The second-order valence-corrected chi connectivity index (χ2v) is 6.92. The number of rotatable bonds is 6. The van der Waals surface area contributed by atoms with Crippen LogP contribution in [0.25, 0.3) is 0 Å². The molecule has 1 aliphatic rings. The van der Waals surface area contributed by atoms with Crippen LogP contribution in [0, 0.1) is 13.8 Å². The minimum Gasteiger partial charge on any atom is -0.469 e. The van der Waals surface area contributed by atoms with E-state index in [1.165, 1.54) is 18.2 Å². The van der Waals surface area contributed by atoms with Crippen molar-refractivity contribution < 1.29 is 14.3 Å². The summed E-state index contributed by atoms with van der Waals surface area (Å²) < 4.78 is 6.73. The second-order valence-electron chi connectivity index (χ2n) is 6.92. The number of fused-ring (bicyclic) bond motifs is 1. The molecule has 0 saturated carbocycles. The number of hydrogen-bond donors (Lipinski definition) is 0. The molecule has 1 aliphatic heterocycles. The van der Waals surface area contributed by atoms with Crippen LogP contribution in [0.15, 0.2) is 30.3 Å². The third kappa shape index (κ3) is 3.88. The summed E-state index contributed by atoms with van der Waals surface area (Å²) in [5.41, 5.74) is 5.38. The van der Waals surface area contributed by atoms with Crippen LogP contribution in [0.3, 0.4) is 0 Å². The van der Waals surface area contributed by atoms with Gasteiger partial charge in [-0.2, -0.15) is 0 Å². The van der Waals surface area contributed by atoms with E-state index in [1.807, 2.05) is 24.5 Å². The second kappa shape index (κ2) is 7.87. The van der Waals surface area contributed by atoms with Crippen molar-refractivity contribution in [3.63, 3.8) is 0 Å². The molecule has 0 radical (unpaired) electrons. The number of hydrogen-bond acceptors (Lipinski definition) is 4. The summed E-state index contributed by atoms with van der Waals surface area (Å²) in [6.45, 7) is 6.61. The SMILES string of the molecule is COC(=O)CCn1c(C)cc(C(=O)CN2CCc3ccccc3C2)c1C. The lowest BCUT2D eigenvalue weighted by molar-refractivity contribution is -0.140. The van der Waals surface area contributed by atoms with E-state index in [-0.39, 0.29) is 11.8 Å². The number of methoxy groups -OCH3 is 1. The zero-order valence-corrected chi connectivity index (χ0v) is 15.7. The number of ether oxygens (including phenoxy) is 1. The summed E-state index contributed by atoms with van der Waals surface area (Å²) in [5.74, 6) is -0.0980. The fourth-order valence-electron chi connectivity index (χ4n) is 3.71. The van der Waals surface area contributed by atoms with E-state index in [2.05, 4.69) is 29.2 Å². The van der Waals surface area contributed by atoms with Crippen molar-refractivity contribution in [3.05, 3.63) is 58.4 Å². The normalized spacial score (nSPS) is 14.1. The van der Waals surface area contributed by atoms with E-state index in [9.17, 15) is 9.59 Å². The fraction of sp³-hybridized carbons (Fsp3) is 0.429. The standard InChI is InChI=1S/C21H26N2O3/c1-15-12-19(16(2)23(15)11-9-21(25)26-3)20(24)14-22-10-8-17-6-4-5-7-18(17)13-22/h4-7,12H,8-11,13-14H2,1-3H3. The highest BCUT2D eigenvalue weighted by Gasteiger charge is 2.21. The predicted octanol–water partition coefficient (Wildman–Crippen LogP) is 2.91. The zero-order valence-electron chi connectivity index (χ0n) is 15.7. The van der Waals surface area contributed by atoms with Gasteiger partial charge in [-0.3, -0.25) is 14.5 Å². The van der Waals surface area contributed by atoms with Gasteiger partial charge in [0.05, 0.1) is 20.1 Å². The third-order valence-corrected chi connectivity index (χ3v) is 5.22. The Morgan fingerprint density at radius 1 is 1.15 bits per heavy atom. The van der Waals surface area contributed by atoms with E-state index in [0.29, 0.717) is 19.5 Å². The fourth-order valence-corrected chi connectivity index (χ4v) is 3.71. The molecule has 1 aromatic heterocycles. The molecule has 3 rings (SSSR count). The number of Topliss-reactive ketones (excluding diaryl/α,β-unsaturated/α-hetero) is 1. The number of aryl methyl sites for hydroxylation is 1. The van der Waals surface area contributed by atoms with Crippen LogP contribution in [0.5, 0.6) is 0 Å². The van der Waals surface area contributed by atoms with Crippen molar-refractivity contribution in [1.82, 2.24) is 9.47 Å². The molecule has 1 aromatic carbocycles. The van der Waals surface area contributed by atoms with Gasteiger partial charge in [0.2, 0.25) is 0 Å². The highest BCUT2D eigenvalue weighted by atomic mass is 16.5. The van der Waals surface area contributed by atoms with Crippen molar-refractivity contribution in [2.75, 3.05) is 20.2 Å². The number of carbonyl (C=O) groups excluding carboxylic acids is 2. The van der Waals surface area contributed by atoms with Crippen LogP contribution < -0.4 is 0 Å². The number of carbonyl (C=O) groups is 2. The molecule has 0 atom stereocenters. The zero-order chi connectivity index (χ0) is 18.7. The summed E-state index contributed by atoms with van der Waals surface area (Å²) in [6, 6.07) is 10.4. The molecule has 138 valence electrons. The molecule has 0 unspecified atom stereocenters. The smallest absolute Gasteiger partial charge is 0.307 e. The Hall–Kier alpha value is -2.40. The maximum Gasteiger partial charge on any atom is 0.307 e. The first-order chi connectivity index (χ1) is 12.5. The minimum absolute atomic E-state index is 0.141. The van der Waals surface area contributed by atoms with Gasteiger partial charge >= 0.3 is 5.97 Å². The lowest BCUT2D eigenvalue weighted by Crippen LogP contribution is -2.35. The van der Waals surface area contributed by atoms with Crippen LogP contribution >= 0.6 is 0 Å². The maximum absolute atomic E-state index is 12.9. The van der Waals surface area contributed by atoms with Crippen LogP contribution in [0.2, 0.25) is 0 Å². The van der Waals surface area contributed by atoms with Crippen LogP contribution in [0.1, 0.15) is 39.3 Å². The number of aromatic nitrogens is 1. The Bertz CT molecular complexity index is 823. The van der Waals surface area contributed by atoms with Crippen molar-refractivity contribution in [2.24, 2.45) is 0 Å². The molecule has 0 N–H and O–H groups in total. The lowest BCUT2D eigenvalue weighted by atomic mass is 9.99. The Morgan fingerprint density at radius 3 is 2.62 bits per heavy atom. The quantitative estimate of drug-likeness (QED) is 0.591. The van der Waals surface area contributed by atoms with Gasteiger partial charge in [0, 0.05) is 36.6 Å². The number of benzene rings is 1. The maximum atomic E-state index is 12.9. The molecule has 5 heteroatoms. The highest BCUT2D eigenvalue weighted by Crippen LogP contribution is 2.21. The van der Waals surface area contributed by atoms with Gasteiger partial charge in [-0.25, -0.2) is 0 Å². The number of nitrogens with zero attached hydrogens (tertiary/aromatic N) is 2. The van der Waals surface area contributed by atoms with Gasteiger partial charge in [0.15, 0.2) is 5.78 Å². The molecule has 2 aromatic rings. The van der Waals surface area contributed by atoms with Gasteiger partial charge in [-0.05, 0) is 37.5 Å². The van der Waals surface area contributed by atoms with E-state index in [1.54, 1.807) is 0 Å². The third-order valence-electron chi connectivity index (χ3n) is 5.22. The summed E-state index contributed by atoms with van der Waals surface area (Å²) >= 11 is 0. The molecule has 5 nitrogen and oxygen atoms in total. The van der Waals surface area contributed by atoms with Gasteiger partial charge in [0.1, 0.15) is 0 Å². The first kappa shape index (κ1) is 18.4. The average molecular weight is 354 g/mol. The number of esters is 1. The molecule has 0 aliphatic carbocycles. The summed E-state index contributed by atoms with van der Waals surface area (Å²) in [6.07, 6.45) is 1.30. The van der Waals surface area contributed by atoms with E-state index in [4.69, 9.17) is 4.74 Å². The largest absolute Gasteiger partial charge is 0.469 e. The molecular weight excluding hydrogens is 328 g/mol. The highest BCUT2D eigenvalue weighted by molar-refractivity contribution is 5.99. The lowest BCUT2D eigenvalue weighted by Gasteiger charge is -2.28. The molecule has 0 saturated heterocycles. The topological polar surface area (TPSA) is 51.5 Å². The first-order valence-electron chi connectivity index (χ1n) is 9.05. The summed E-state index contributed by atoms with van der Waals surface area (Å²) in [4.78, 5) is 26.5. The molecule has 2 heterocycles. The van der Waals surface area contributed by atoms with E-state index >= 15 is 0 Å². The van der Waals surface area contributed by atoms with Crippen molar-refractivity contribution in [3.8, 4) is 0 Å². The summed E-state index contributed by atoms with van der Waals surface area (Å²) in [7, 11) is 1.39. The van der Waals surface area contributed by atoms with Gasteiger partial charge in [0.25, 0.3) is 0 Å².